The molecule has 1 aromatic carbocycles. The maximum absolute atomic E-state index is 11.7. The molecule has 0 amide bonds. The molecule has 0 N–H and O–H groups in total. The summed E-state index contributed by atoms with van der Waals surface area (Å²) >= 11 is 1.32. The predicted octanol–water partition coefficient (Wildman–Crippen LogP) is 3.53. The Kier molecular flexibility index (Phi) is 7.84. The Morgan fingerprint density at radius 2 is 2.00 bits per heavy atom. The molecule has 118 valence electrons. The number of carbonyl (C=O) groups excluding carboxylic acids is 1. The summed E-state index contributed by atoms with van der Waals surface area (Å²) in [6.45, 7) is 9.76. The van der Waals surface area contributed by atoms with Gasteiger partial charge in [-0.05, 0) is 37.0 Å². The van der Waals surface area contributed by atoms with E-state index in [9.17, 15) is 9.90 Å². The number of benzene rings is 1. The SMILES string of the molecule is C=C(C)C#CC(C(C)CCC)C(Sc1ccccc1)C(=O)[O-]. The van der Waals surface area contributed by atoms with Gasteiger partial charge in [0.2, 0.25) is 0 Å². The Labute approximate surface area is 138 Å². The van der Waals surface area contributed by atoms with Gasteiger partial charge < -0.3 is 9.90 Å². The molecule has 3 unspecified atom stereocenters. The minimum absolute atomic E-state index is 0.191. The Morgan fingerprint density at radius 3 is 2.50 bits per heavy atom. The average molecular weight is 315 g/mol. The molecule has 0 saturated carbocycles. The van der Waals surface area contributed by atoms with Crippen LogP contribution in [0.15, 0.2) is 47.4 Å². The average Bonchev–Trinajstić information content (AvgIpc) is 2.47. The van der Waals surface area contributed by atoms with Gasteiger partial charge in [-0.3, -0.25) is 0 Å². The van der Waals surface area contributed by atoms with E-state index in [0.29, 0.717) is 0 Å². The number of aliphatic carboxylic acids is 1. The topological polar surface area (TPSA) is 40.1 Å². The molecule has 2 nitrogen and oxygen atoms in total. The maximum Gasteiger partial charge on any atom is 0.0630 e. The summed E-state index contributed by atoms with van der Waals surface area (Å²) in [5.41, 5.74) is 0.746. The molecule has 0 bridgehead atoms. The van der Waals surface area contributed by atoms with Gasteiger partial charge in [-0.2, -0.15) is 0 Å². The van der Waals surface area contributed by atoms with Crippen molar-refractivity contribution in [1.82, 2.24) is 0 Å². The molecule has 0 fully saturated rings. The standard InChI is InChI=1S/C19H24O2S/c1-5-9-15(4)17(13-12-14(2)3)18(19(20)21)22-16-10-7-6-8-11-16/h6-8,10-11,15,17-18H,2,5,9H2,1,3-4H3,(H,20,21)/p-1. The van der Waals surface area contributed by atoms with Crippen molar-refractivity contribution in [1.29, 1.82) is 0 Å². The lowest BCUT2D eigenvalue weighted by atomic mass is 9.87. The van der Waals surface area contributed by atoms with Gasteiger partial charge in [0.25, 0.3) is 0 Å². The number of hydrogen-bond donors (Lipinski definition) is 0. The van der Waals surface area contributed by atoms with E-state index in [0.717, 1.165) is 23.3 Å². The van der Waals surface area contributed by atoms with Crippen molar-refractivity contribution in [2.75, 3.05) is 0 Å². The van der Waals surface area contributed by atoms with E-state index in [1.54, 1.807) is 0 Å². The number of hydrogen-bond acceptors (Lipinski definition) is 3. The maximum atomic E-state index is 11.7. The smallest absolute Gasteiger partial charge is 0.0630 e. The molecule has 0 saturated heterocycles. The van der Waals surface area contributed by atoms with Gasteiger partial charge in [0.05, 0.1) is 11.2 Å². The molecular formula is C19H23O2S-. The first-order valence-corrected chi connectivity index (χ1v) is 8.43. The molecular weight excluding hydrogens is 292 g/mol. The van der Waals surface area contributed by atoms with Crippen LogP contribution < -0.4 is 5.11 Å². The van der Waals surface area contributed by atoms with Crippen molar-refractivity contribution < 1.29 is 9.90 Å². The van der Waals surface area contributed by atoms with Crippen molar-refractivity contribution in [3.63, 3.8) is 0 Å². The van der Waals surface area contributed by atoms with Crippen LogP contribution in [-0.2, 0) is 4.79 Å². The predicted molar refractivity (Wildman–Crippen MR) is 91.2 cm³/mol. The van der Waals surface area contributed by atoms with Crippen molar-refractivity contribution in [2.45, 2.75) is 43.8 Å². The molecule has 1 rings (SSSR count). The third-order valence-electron chi connectivity index (χ3n) is 3.37. The van der Waals surface area contributed by atoms with Gasteiger partial charge in [0, 0.05) is 10.8 Å². The molecule has 3 atom stereocenters. The molecule has 0 aliphatic heterocycles. The van der Waals surface area contributed by atoms with E-state index in [4.69, 9.17) is 0 Å². The van der Waals surface area contributed by atoms with E-state index >= 15 is 0 Å². The van der Waals surface area contributed by atoms with E-state index in [-0.39, 0.29) is 11.8 Å². The lowest BCUT2D eigenvalue weighted by Crippen LogP contribution is -2.40. The third-order valence-corrected chi connectivity index (χ3v) is 4.66. The summed E-state index contributed by atoms with van der Waals surface area (Å²) in [5, 5.41) is 11.0. The Hall–Kier alpha value is -1.66. The highest BCUT2D eigenvalue weighted by molar-refractivity contribution is 8.00. The number of thioether (sulfide) groups is 1. The molecule has 0 aliphatic rings. The summed E-state index contributed by atoms with van der Waals surface area (Å²) in [5.74, 6) is 4.95. The molecule has 0 aromatic heterocycles. The van der Waals surface area contributed by atoms with Gasteiger partial charge in [-0.1, -0.05) is 56.9 Å². The number of carbonyl (C=O) groups is 1. The minimum atomic E-state index is -1.06. The zero-order valence-electron chi connectivity index (χ0n) is 13.5. The van der Waals surface area contributed by atoms with Crippen LogP contribution in [0.3, 0.4) is 0 Å². The van der Waals surface area contributed by atoms with Crippen molar-refractivity contribution >= 4 is 17.7 Å². The zero-order valence-corrected chi connectivity index (χ0v) is 14.3. The molecule has 0 heterocycles. The van der Waals surface area contributed by atoms with Gasteiger partial charge in [0.15, 0.2) is 0 Å². The van der Waals surface area contributed by atoms with E-state index < -0.39 is 11.2 Å². The molecule has 0 spiro atoms. The van der Waals surface area contributed by atoms with Crippen LogP contribution >= 0.6 is 11.8 Å². The lowest BCUT2D eigenvalue weighted by Gasteiger charge is -2.28. The Balaban J connectivity index is 3.06. The van der Waals surface area contributed by atoms with Crippen LogP contribution in [0, 0.1) is 23.7 Å². The van der Waals surface area contributed by atoms with Crippen LogP contribution in [0.1, 0.15) is 33.6 Å². The number of allylic oxidation sites excluding steroid dienone is 1. The highest BCUT2D eigenvalue weighted by atomic mass is 32.2. The summed E-state index contributed by atoms with van der Waals surface area (Å²) in [6.07, 6.45) is 1.94. The van der Waals surface area contributed by atoms with Gasteiger partial charge in [-0.15, -0.1) is 11.8 Å². The molecule has 22 heavy (non-hydrogen) atoms. The molecule has 0 aliphatic carbocycles. The van der Waals surface area contributed by atoms with Crippen LogP contribution in [0.2, 0.25) is 0 Å². The van der Waals surface area contributed by atoms with Crippen molar-refractivity contribution in [3.8, 4) is 11.8 Å². The first kappa shape index (κ1) is 18.4. The van der Waals surface area contributed by atoms with Crippen LogP contribution in [0.5, 0.6) is 0 Å². The second kappa shape index (κ2) is 9.38. The fourth-order valence-electron chi connectivity index (χ4n) is 2.27. The monoisotopic (exact) mass is 315 g/mol. The van der Waals surface area contributed by atoms with Crippen molar-refractivity contribution in [3.05, 3.63) is 42.5 Å². The van der Waals surface area contributed by atoms with E-state index in [2.05, 4.69) is 32.3 Å². The summed E-state index contributed by atoms with van der Waals surface area (Å²) in [4.78, 5) is 12.6. The van der Waals surface area contributed by atoms with E-state index in [1.807, 2.05) is 37.3 Å². The van der Waals surface area contributed by atoms with Crippen molar-refractivity contribution in [2.24, 2.45) is 11.8 Å². The van der Waals surface area contributed by atoms with Crippen LogP contribution in [-0.4, -0.2) is 11.2 Å². The first-order valence-electron chi connectivity index (χ1n) is 7.55. The summed E-state index contributed by atoms with van der Waals surface area (Å²) < 4.78 is 0. The number of rotatable bonds is 7. The third kappa shape index (κ3) is 5.99. The second-order valence-electron chi connectivity index (χ2n) is 5.51. The van der Waals surface area contributed by atoms with Gasteiger partial charge in [-0.25, -0.2) is 0 Å². The Morgan fingerprint density at radius 1 is 1.36 bits per heavy atom. The zero-order chi connectivity index (χ0) is 16.5. The van der Waals surface area contributed by atoms with E-state index in [1.165, 1.54) is 11.8 Å². The molecule has 1 aromatic rings. The Bertz CT molecular complexity index is 554. The molecule has 0 radical (unpaired) electrons. The summed E-state index contributed by atoms with van der Waals surface area (Å²) in [7, 11) is 0. The highest BCUT2D eigenvalue weighted by Gasteiger charge is 2.27. The van der Waals surface area contributed by atoms with Crippen LogP contribution in [0.25, 0.3) is 0 Å². The second-order valence-corrected chi connectivity index (χ2v) is 6.73. The quantitative estimate of drug-likeness (QED) is 0.571. The molecule has 3 heteroatoms. The number of carboxylic acids is 1. The largest absolute Gasteiger partial charge is 0.549 e. The lowest BCUT2D eigenvalue weighted by molar-refractivity contribution is -0.305. The number of carboxylic acid groups (broad SMARTS) is 1. The fraction of sp³-hybridized carbons (Fsp3) is 0.421. The first-order chi connectivity index (χ1) is 10.5. The summed E-state index contributed by atoms with van der Waals surface area (Å²) in [6, 6.07) is 9.54. The fourth-order valence-corrected chi connectivity index (χ4v) is 3.46. The van der Waals surface area contributed by atoms with Gasteiger partial charge in [0.1, 0.15) is 0 Å². The van der Waals surface area contributed by atoms with Crippen LogP contribution in [0.4, 0.5) is 0 Å². The van der Waals surface area contributed by atoms with Gasteiger partial charge >= 0.3 is 0 Å². The normalized spacial score (nSPS) is 14.3. The highest BCUT2D eigenvalue weighted by Crippen LogP contribution is 2.33. The minimum Gasteiger partial charge on any atom is -0.549 e.